The third-order valence-electron chi connectivity index (χ3n) is 3.88. The van der Waals surface area contributed by atoms with Crippen LogP contribution in [0.15, 0.2) is 6.33 Å². The summed E-state index contributed by atoms with van der Waals surface area (Å²) < 4.78 is 0. The highest BCUT2D eigenvalue weighted by molar-refractivity contribution is 5.58. The minimum atomic E-state index is -0.267. The summed E-state index contributed by atoms with van der Waals surface area (Å²) in [4.78, 5) is 10.9. The van der Waals surface area contributed by atoms with Gasteiger partial charge >= 0.3 is 0 Å². The number of hydrogen-bond acceptors (Lipinski definition) is 5. The van der Waals surface area contributed by atoms with Gasteiger partial charge in [-0.05, 0) is 18.8 Å². The van der Waals surface area contributed by atoms with E-state index in [9.17, 15) is 5.11 Å². The lowest BCUT2D eigenvalue weighted by molar-refractivity contribution is 0.102. The number of rotatable bonds is 4. The van der Waals surface area contributed by atoms with Gasteiger partial charge in [-0.1, -0.05) is 20.3 Å². The topological polar surface area (TPSA) is 61.3 Å². The maximum Gasteiger partial charge on any atom is 0.137 e. The van der Waals surface area contributed by atoms with E-state index in [0.29, 0.717) is 12.5 Å². The van der Waals surface area contributed by atoms with Crippen LogP contribution in [0.1, 0.15) is 32.3 Å². The van der Waals surface area contributed by atoms with Gasteiger partial charge in [-0.3, -0.25) is 0 Å². The number of aliphatic hydroxyl groups excluding tert-OH is 1. The number of aromatic nitrogens is 2. The molecule has 0 saturated carbocycles. The first-order valence-corrected chi connectivity index (χ1v) is 7.12. The SMILES string of the molecule is CCCc1c(NC)ncnc1N1CCC(C)C(O)C1. The molecule has 1 aromatic heterocycles. The summed E-state index contributed by atoms with van der Waals surface area (Å²) in [6.07, 6.45) is 4.35. The fourth-order valence-electron chi connectivity index (χ4n) is 2.61. The quantitative estimate of drug-likeness (QED) is 0.866. The van der Waals surface area contributed by atoms with Crippen molar-refractivity contribution in [1.29, 1.82) is 0 Å². The number of hydrogen-bond donors (Lipinski definition) is 2. The average molecular weight is 264 g/mol. The Morgan fingerprint density at radius 2 is 2.26 bits per heavy atom. The van der Waals surface area contributed by atoms with Gasteiger partial charge in [0.1, 0.15) is 18.0 Å². The minimum Gasteiger partial charge on any atom is -0.391 e. The first-order valence-electron chi connectivity index (χ1n) is 7.12. The highest BCUT2D eigenvalue weighted by atomic mass is 16.3. The highest BCUT2D eigenvalue weighted by Gasteiger charge is 2.27. The smallest absolute Gasteiger partial charge is 0.137 e. The van der Waals surface area contributed by atoms with Crippen molar-refractivity contribution in [2.75, 3.05) is 30.4 Å². The van der Waals surface area contributed by atoms with Crippen LogP contribution in [0.3, 0.4) is 0 Å². The lowest BCUT2D eigenvalue weighted by atomic mass is 9.95. The van der Waals surface area contributed by atoms with Crippen LogP contribution in [0.4, 0.5) is 11.6 Å². The summed E-state index contributed by atoms with van der Waals surface area (Å²) in [6.45, 7) is 5.88. The van der Waals surface area contributed by atoms with Crippen LogP contribution >= 0.6 is 0 Å². The molecule has 5 nitrogen and oxygen atoms in total. The molecule has 2 unspecified atom stereocenters. The zero-order chi connectivity index (χ0) is 13.8. The highest BCUT2D eigenvalue weighted by Crippen LogP contribution is 2.28. The summed E-state index contributed by atoms with van der Waals surface area (Å²) in [5.41, 5.74) is 1.16. The van der Waals surface area contributed by atoms with E-state index >= 15 is 0 Å². The molecule has 2 N–H and O–H groups in total. The van der Waals surface area contributed by atoms with Crippen LogP contribution in [-0.4, -0.2) is 41.3 Å². The monoisotopic (exact) mass is 264 g/mol. The molecule has 2 heterocycles. The third kappa shape index (κ3) is 2.97. The molecule has 1 aliphatic rings. The van der Waals surface area contributed by atoms with E-state index in [4.69, 9.17) is 0 Å². The van der Waals surface area contributed by atoms with Gasteiger partial charge in [0.25, 0.3) is 0 Å². The van der Waals surface area contributed by atoms with E-state index in [1.807, 2.05) is 7.05 Å². The van der Waals surface area contributed by atoms with Crippen LogP contribution in [0, 0.1) is 5.92 Å². The maximum absolute atomic E-state index is 10.1. The van der Waals surface area contributed by atoms with Crippen LogP contribution < -0.4 is 10.2 Å². The van der Waals surface area contributed by atoms with Crippen molar-refractivity contribution in [1.82, 2.24) is 9.97 Å². The molecule has 106 valence electrons. The number of aliphatic hydroxyl groups is 1. The number of nitrogens with zero attached hydrogens (tertiary/aromatic N) is 3. The third-order valence-corrected chi connectivity index (χ3v) is 3.88. The molecule has 2 rings (SSSR count). The van der Waals surface area contributed by atoms with Crippen molar-refractivity contribution >= 4 is 11.6 Å². The standard InChI is InChI=1S/C14H24N4O/c1-4-5-11-13(15-3)16-9-17-14(11)18-7-6-10(2)12(19)8-18/h9-10,12,19H,4-8H2,1-3H3,(H,15,16,17). The van der Waals surface area contributed by atoms with E-state index in [1.54, 1.807) is 6.33 Å². The van der Waals surface area contributed by atoms with Gasteiger partial charge in [-0.25, -0.2) is 9.97 Å². The molecule has 2 atom stereocenters. The molecule has 0 radical (unpaired) electrons. The van der Waals surface area contributed by atoms with Crippen molar-refractivity contribution in [3.63, 3.8) is 0 Å². The molecular formula is C14H24N4O. The predicted molar refractivity (Wildman–Crippen MR) is 77.6 cm³/mol. The largest absolute Gasteiger partial charge is 0.391 e. The molecular weight excluding hydrogens is 240 g/mol. The van der Waals surface area contributed by atoms with E-state index < -0.39 is 0 Å². The number of β-amino-alcohol motifs (C(OH)–C–C–N with tert-alkyl or cyclic N) is 1. The van der Waals surface area contributed by atoms with Gasteiger partial charge in [0.15, 0.2) is 0 Å². The normalized spacial score (nSPS) is 23.5. The summed E-state index contributed by atoms with van der Waals surface area (Å²) in [7, 11) is 1.89. The first kappa shape index (κ1) is 14.1. The van der Waals surface area contributed by atoms with Crippen LogP contribution in [0.5, 0.6) is 0 Å². The molecule has 0 aliphatic carbocycles. The van der Waals surface area contributed by atoms with Gasteiger partial charge in [-0.15, -0.1) is 0 Å². The van der Waals surface area contributed by atoms with Crippen molar-refractivity contribution in [3.05, 3.63) is 11.9 Å². The van der Waals surface area contributed by atoms with E-state index in [2.05, 4.69) is 34.0 Å². The van der Waals surface area contributed by atoms with Gasteiger partial charge in [0, 0.05) is 25.7 Å². The zero-order valence-corrected chi connectivity index (χ0v) is 12.1. The van der Waals surface area contributed by atoms with Crippen molar-refractivity contribution < 1.29 is 5.11 Å². The van der Waals surface area contributed by atoms with Crippen molar-refractivity contribution in [2.45, 2.75) is 39.2 Å². The van der Waals surface area contributed by atoms with Crippen LogP contribution in [0.25, 0.3) is 0 Å². The Labute approximate surface area is 115 Å². The lowest BCUT2D eigenvalue weighted by Crippen LogP contribution is -2.43. The zero-order valence-electron chi connectivity index (χ0n) is 12.1. The summed E-state index contributed by atoms with van der Waals surface area (Å²) in [5.74, 6) is 2.25. The van der Waals surface area contributed by atoms with Gasteiger partial charge in [-0.2, -0.15) is 0 Å². The Morgan fingerprint density at radius 3 is 2.89 bits per heavy atom. The van der Waals surface area contributed by atoms with Crippen molar-refractivity contribution in [3.8, 4) is 0 Å². The molecule has 1 aromatic rings. The second kappa shape index (κ2) is 6.19. The molecule has 1 aliphatic heterocycles. The molecule has 19 heavy (non-hydrogen) atoms. The van der Waals surface area contributed by atoms with Crippen LogP contribution in [-0.2, 0) is 6.42 Å². The Bertz CT molecular complexity index is 424. The lowest BCUT2D eigenvalue weighted by Gasteiger charge is -2.36. The minimum absolute atomic E-state index is 0.267. The molecule has 0 aromatic carbocycles. The number of piperidine rings is 1. The Balaban J connectivity index is 2.28. The van der Waals surface area contributed by atoms with Crippen molar-refractivity contribution in [2.24, 2.45) is 5.92 Å². The van der Waals surface area contributed by atoms with Gasteiger partial charge < -0.3 is 15.3 Å². The predicted octanol–water partition coefficient (Wildman–Crippen LogP) is 1.68. The van der Waals surface area contributed by atoms with E-state index in [0.717, 1.165) is 43.0 Å². The number of anilines is 2. The maximum atomic E-state index is 10.1. The second-order valence-electron chi connectivity index (χ2n) is 5.30. The first-order chi connectivity index (χ1) is 9.17. The van der Waals surface area contributed by atoms with Gasteiger partial charge in [0.2, 0.25) is 0 Å². The fourth-order valence-corrected chi connectivity index (χ4v) is 2.61. The average Bonchev–Trinajstić information content (AvgIpc) is 2.42. The Morgan fingerprint density at radius 1 is 1.47 bits per heavy atom. The molecule has 0 bridgehead atoms. The van der Waals surface area contributed by atoms with Crippen LogP contribution in [0.2, 0.25) is 0 Å². The van der Waals surface area contributed by atoms with Gasteiger partial charge in [0.05, 0.1) is 6.10 Å². The van der Waals surface area contributed by atoms with E-state index in [1.165, 1.54) is 0 Å². The Kier molecular flexibility index (Phi) is 4.58. The Hall–Kier alpha value is -1.36. The summed E-state index contributed by atoms with van der Waals surface area (Å²) >= 11 is 0. The second-order valence-corrected chi connectivity index (χ2v) is 5.30. The summed E-state index contributed by atoms with van der Waals surface area (Å²) in [6, 6.07) is 0. The fraction of sp³-hybridized carbons (Fsp3) is 0.714. The summed E-state index contributed by atoms with van der Waals surface area (Å²) in [5, 5.41) is 13.2. The molecule has 1 fully saturated rings. The molecule has 5 heteroatoms. The molecule has 0 amide bonds. The number of nitrogens with one attached hydrogen (secondary N) is 1. The molecule has 0 spiro atoms. The molecule has 1 saturated heterocycles. The van der Waals surface area contributed by atoms with E-state index in [-0.39, 0.29) is 6.10 Å².